The minimum Gasteiger partial charge on any atom is -0.382 e. The number of fused-ring (bicyclic) bond motifs is 1. The van der Waals surface area contributed by atoms with E-state index in [1.807, 2.05) is 38.1 Å². The lowest BCUT2D eigenvalue weighted by molar-refractivity contribution is 0.0871. The minimum absolute atomic E-state index is 0.00835. The molecule has 0 atom stereocenters. The standard InChI is InChI=1S/C15H20N2O2/c1-11(2)19-9-8-16-13-10-15(18)17(3)14-7-5-4-6-12(13)14/h4-7,10-11,16H,8-9H2,1-3H3. The van der Waals surface area contributed by atoms with Gasteiger partial charge in [0.05, 0.1) is 18.2 Å². The topological polar surface area (TPSA) is 43.3 Å². The average Bonchev–Trinajstić information content (AvgIpc) is 2.40. The number of aryl methyl sites for hydroxylation is 1. The van der Waals surface area contributed by atoms with Gasteiger partial charge in [-0.05, 0) is 19.9 Å². The van der Waals surface area contributed by atoms with E-state index in [1.165, 1.54) is 0 Å². The monoisotopic (exact) mass is 260 g/mol. The van der Waals surface area contributed by atoms with Crippen LogP contribution in [0.5, 0.6) is 0 Å². The van der Waals surface area contributed by atoms with Crippen molar-refractivity contribution in [3.8, 4) is 0 Å². The van der Waals surface area contributed by atoms with Crippen LogP contribution in [-0.2, 0) is 11.8 Å². The van der Waals surface area contributed by atoms with Crippen LogP contribution in [0.2, 0.25) is 0 Å². The number of para-hydroxylation sites is 1. The van der Waals surface area contributed by atoms with E-state index in [0.29, 0.717) is 13.2 Å². The first-order valence-corrected chi connectivity index (χ1v) is 6.54. The molecule has 0 aliphatic rings. The van der Waals surface area contributed by atoms with Crippen molar-refractivity contribution in [3.63, 3.8) is 0 Å². The Labute approximate surface area is 113 Å². The third-order valence-electron chi connectivity index (χ3n) is 3.02. The fraction of sp³-hybridized carbons (Fsp3) is 0.400. The van der Waals surface area contributed by atoms with Gasteiger partial charge >= 0.3 is 0 Å². The molecule has 0 aliphatic carbocycles. The van der Waals surface area contributed by atoms with Crippen molar-refractivity contribution in [3.05, 3.63) is 40.7 Å². The SMILES string of the molecule is CC(C)OCCNc1cc(=O)n(C)c2ccccc12. The molecule has 2 aromatic rings. The molecule has 102 valence electrons. The zero-order chi connectivity index (χ0) is 13.8. The largest absolute Gasteiger partial charge is 0.382 e. The fourth-order valence-corrected chi connectivity index (χ4v) is 2.04. The highest BCUT2D eigenvalue weighted by Crippen LogP contribution is 2.20. The number of ether oxygens (including phenoxy) is 1. The van der Waals surface area contributed by atoms with Crippen LogP contribution in [0.25, 0.3) is 10.9 Å². The molecule has 0 unspecified atom stereocenters. The van der Waals surface area contributed by atoms with Gasteiger partial charge in [0.1, 0.15) is 0 Å². The molecule has 0 saturated carbocycles. The molecule has 1 heterocycles. The van der Waals surface area contributed by atoms with Crippen molar-refractivity contribution in [2.45, 2.75) is 20.0 Å². The molecular weight excluding hydrogens is 240 g/mol. The number of anilines is 1. The van der Waals surface area contributed by atoms with Gasteiger partial charge in [-0.1, -0.05) is 18.2 Å². The maximum atomic E-state index is 11.9. The molecule has 0 amide bonds. The first kappa shape index (κ1) is 13.6. The molecule has 0 saturated heterocycles. The minimum atomic E-state index is -0.00835. The van der Waals surface area contributed by atoms with Crippen molar-refractivity contribution in [1.82, 2.24) is 4.57 Å². The van der Waals surface area contributed by atoms with Gasteiger partial charge in [-0.2, -0.15) is 0 Å². The van der Waals surface area contributed by atoms with Gasteiger partial charge < -0.3 is 14.6 Å². The second-order valence-corrected chi connectivity index (χ2v) is 4.82. The molecule has 19 heavy (non-hydrogen) atoms. The quantitative estimate of drug-likeness (QED) is 0.839. The molecule has 4 heteroatoms. The first-order chi connectivity index (χ1) is 9.09. The van der Waals surface area contributed by atoms with E-state index in [-0.39, 0.29) is 11.7 Å². The third-order valence-corrected chi connectivity index (χ3v) is 3.02. The number of rotatable bonds is 5. The van der Waals surface area contributed by atoms with E-state index >= 15 is 0 Å². The van der Waals surface area contributed by atoms with Gasteiger partial charge in [-0.25, -0.2) is 0 Å². The van der Waals surface area contributed by atoms with Crippen molar-refractivity contribution >= 4 is 16.6 Å². The predicted molar refractivity (Wildman–Crippen MR) is 78.8 cm³/mol. The molecule has 4 nitrogen and oxygen atoms in total. The Balaban J connectivity index is 2.23. The zero-order valence-corrected chi connectivity index (χ0v) is 11.6. The van der Waals surface area contributed by atoms with Crippen LogP contribution < -0.4 is 10.9 Å². The summed E-state index contributed by atoms with van der Waals surface area (Å²) >= 11 is 0. The van der Waals surface area contributed by atoms with Gasteiger partial charge in [0.15, 0.2) is 0 Å². The molecule has 0 aliphatic heterocycles. The van der Waals surface area contributed by atoms with Gasteiger partial charge in [-0.3, -0.25) is 4.79 Å². The highest BCUT2D eigenvalue weighted by molar-refractivity contribution is 5.91. The summed E-state index contributed by atoms with van der Waals surface area (Å²) < 4.78 is 7.14. The summed E-state index contributed by atoms with van der Waals surface area (Å²) in [6, 6.07) is 9.51. The third kappa shape index (κ3) is 3.15. The van der Waals surface area contributed by atoms with Crippen LogP contribution in [-0.4, -0.2) is 23.8 Å². The molecule has 0 fully saturated rings. The summed E-state index contributed by atoms with van der Waals surface area (Å²) in [7, 11) is 1.79. The maximum absolute atomic E-state index is 11.9. The van der Waals surface area contributed by atoms with Gasteiger partial charge in [0, 0.05) is 30.7 Å². The van der Waals surface area contributed by atoms with Gasteiger partial charge in [0.2, 0.25) is 0 Å². The summed E-state index contributed by atoms with van der Waals surface area (Å²) in [6.45, 7) is 5.33. The smallest absolute Gasteiger partial charge is 0.252 e. The number of nitrogens with one attached hydrogen (secondary N) is 1. The Bertz CT molecular complexity index is 617. The molecule has 1 N–H and O–H groups in total. The van der Waals surface area contributed by atoms with Gasteiger partial charge in [0.25, 0.3) is 5.56 Å². The number of hydrogen-bond acceptors (Lipinski definition) is 3. The summed E-state index contributed by atoms with van der Waals surface area (Å²) in [5.41, 5.74) is 1.79. The van der Waals surface area contributed by atoms with E-state index in [0.717, 1.165) is 16.6 Å². The fourth-order valence-electron chi connectivity index (χ4n) is 2.04. The van der Waals surface area contributed by atoms with Crippen molar-refractivity contribution in [2.75, 3.05) is 18.5 Å². The van der Waals surface area contributed by atoms with E-state index in [1.54, 1.807) is 17.7 Å². The Kier molecular flexibility index (Phi) is 4.22. The Hall–Kier alpha value is -1.81. The van der Waals surface area contributed by atoms with Crippen LogP contribution in [0, 0.1) is 0 Å². The maximum Gasteiger partial charge on any atom is 0.252 e. The Morgan fingerprint density at radius 3 is 2.79 bits per heavy atom. The highest BCUT2D eigenvalue weighted by atomic mass is 16.5. The summed E-state index contributed by atoms with van der Waals surface area (Å²) in [4.78, 5) is 11.9. The van der Waals surface area contributed by atoms with Crippen molar-refractivity contribution in [1.29, 1.82) is 0 Å². The Morgan fingerprint density at radius 1 is 1.32 bits per heavy atom. The Morgan fingerprint density at radius 2 is 2.05 bits per heavy atom. The van der Waals surface area contributed by atoms with Crippen LogP contribution >= 0.6 is 0 Å². The number of benzene rings is 1. The number of pyridine rings is 1. The molecule has 0 bridgehead atoms. The predicted octanol–water partition coefficient (Wildman–Crippen LogP) is 2.38. The lowest BCUT2D eigenvalue weighted by atomic mass is 10.2. The van der Waals surface area contributed by atoms with E-state index in [9.17, 15) is 4.79 Å². The van der Waals surface area contributed by atoms with Crippen LogP contribution in [0.15, 0.2) is 35.1 Å². The molecule has 2 rings (SSSR count). The second-order valence-electron chi connectivity index (χ2n) is 4.82. The number of hydrogen-bond donors (Lipinski definition) is 1. The molecule has 0 radical (unpaired) electrons. The lowest BCUT2D eigenvalue weighted by Gasteiger charge is -2.13. The van der Waals surface area contributed by atoms with E-state index < -0.39 is 0 Å². The number of nitrogens with zero attached hydrogens (tertiary/aromatic N) is 1. The van der Waals surface area contributed by atoms with Crippen LogP contribution in [0.1, 0.15) is 13.8 Å². The van der Waals surface area contributed by atoms with Crippen LogP contribution in [0.3, 0.4) is 0 Å². The van der Waals surface area contributed by atoms with E-state index in [2.05, 4.69) is 5.32 Å². The van der Waals surface area contributed by atoms with Crippen molar-refractivity contribution < 1.29 is 4.74 Å². The van der Waals surface area contributed by atoms with Crippen LogP contribution in [0.4, 0.5) is 5.69 Å². The normalized spacial score (nSPS) is 11.2. The molecule has 1 aromatic carbocycles. The van der Waals surface area contributed by atoms with E-state index in [4.69, 9.17) is 4.74 Å². The first-order valence-electron chi connectivity index (χ1n) is 6.54. The lowest BCUT2D eigenvalue weighted by Crippen LogP contribution is -2.19. The zero-order valence-electron chi connectivity index (χ0n) is 11.6. The molecule has 1 aromatic heterocycles. The highest BCUT2D eigenvalue weighted by Gasteiger charge is 2.05. The van der Waals surface area contributed by atoms with Crippen molar-refractivity contribution in [2.24, 2.45) is 7.05 Å². The molecule has 0 spiro atoms. The summed E-state index contributed by atoms with van der Waals surface area (Å²) in [5.74, 6) is 0. The van der Waals surface area contributed by atoms with Gasteiger partial charge in [-0.15, -0.1) is 0 Å². The number of aromatic nitrogens is 1. The summed E-state index contributed by atoms with van der Waals surface area (Å²) in [6.07, 6.45) is 0.224. The second kappa shape index (κ2) is 5.89. The summed E-state index contributed by atoms with van der Waals surface area (Å²) in [5, 5.41) is 4.32. The average molecular weight is 260 g/mol. The molecular formula is C15H20N2O2.